The van der Waals surface area contributed by atoms with Crippen LogP contribution in [0, 0.1) is 18.3 Å². The lowest BCUT2D eigenvalue weighted by Gasteiger charge is -2.06. The van der Waals surface area contributed by atoms with Crippen molar-refractivity contribution < 1.29 is 13.6 Å². The lowest BCUT2D eigenvalue weighted by Crippen LogP contribution is -2.01. The summed E-state index contributed by atoms with van der Waals surface area (Å²) in [5.74, 6) is 0. The van der Waals surface area contributed by atoms with Crippen LogP contribution in [0.1, 0.15) is 33.7 Å². The summed E-state index contributed by atoms with van der Waals surface area (Å²) in [4.78, 5) is 14.1. The molecule has 1 heterocycles. The average molecular weight is 196 g/mol. The number of alkyl halides is 2. The van der Waals surface area contributed by atoms with Crippen molar-refractivity contribution in [1.82, 2.24) is 4.98 Å². The van der Waals surface area contributed by atoms with Crippen LogP contribution in [0.2, 0.25) is 0 Å². The minimum atomic E-state index is -2.75. The first-order chi connectivity index (χ1) is 6.60. The van der Waals surface area contributed by atoms with E-state index < -0.39 is 12.0 Å². The second kappa shape index (κ2) is 3.92. The van der Waals surface area contributed by atoms with Crippen molar-refractivity contribution in [2.24, 2.45) is 0 Å². The van der Waals surface area contributed by atoms with Crippen molar-refractivity contribution in [1.29, 1.82) is 5.26 Å². The van der Waals surface area contributed by atoms with E-state index in [4.69, 9.17) is 5.26 Å². The second-order valence-electron chi connectivity index (χ2n) is 2.63. The number of halogens is 2. The van der Waals surface area contributed by atoms with E-state index in [9.17, 15) is 13.6 Å². The molecular formula is C9H6F2N2O. The van der Waals surface area contributed by atoms with Gasteiger partial charge in [0, 0.05) is 16.8 Å². The molecule has 0 aromatic carbocycles. The molecule has 0 aliphatic rings. The van der Waals surface area contributed by atoms with Gasteiger partial charge in [-0.25, -0.2) is 13.8 Å². The standard InChI is InChI=1S/C9H6F2N2O/c1-5-8(9(10)11)6(4-14)2-7(3-12)13-5/h2,4,9H,1H3. The highest BCUT2D eigenvalue weighted by molar-refractivity contribution is 5.78. The predicted octanol–water partition coefficient (Wildman–Crippen LogP) is 2.01. The van der Waals surface area contributed by atoms with Gasteiger partial charge in [-0.3, -0.25) is 4.79 Å². The van der Waals surface area contributed by atoms with Crippen LogP contribution in [0.5, 0.6) is 0 Å². The first-order valence-electron chi connectivity index (χ1n) is 3.75. The first-order valence-corrected chi connectivity index (χ1v) is 3.75. The van der Waals surface area contributed by atoms with Gasteiger partial charge in [-0.2, -0.15) is 5.26 Å². The van der Waals surface area contributed by atoms with Crippen LogP contribution in [-0.4, -0.2) is 11.3 Å². The highest BCUT2D eigenvalue weighted by Gasteiger charge is 2.17. The SMILES string of the molecule is Cc1nc(C#N)cc(C=O)c1C(F)F. The van der Waals surface area contributed by atoms with Crippen LogP contribution in [-0.2, 0) is 0 Å². The second-order valence-corrected chi connectivity index (χ2v) is 2.63. The van der Waals surface area contributed by atoms with Crippen molar-refractivity contribution in [2.75, 3.05) is 0 Å². The number of nitriles is 1. The number of carbonyl (C=O) groups excluding carboxylic acids is 1. The van der Waals surface area contributed by atoms with E-state index in [1.165, 1.54) is 6.92 Å². The molecule has 0 atom stereocenters. The van der Waals surface area contributed by atoms with E-state index in [1.807, 2.05) is 0 Å². The molecular weight excluding hydrogens is 190 g/mol. The Hall–Kier alpha value is -1.83. The van der Waals surface area contributed by atoms with Crippen LogP contribution in [0.25, 0.3) is 0 Å². The number of aldehydes is 1. The lowest BCUT2D eigenvalue weighted by atomic mass is 10.1. The molecule has 3 nitrogen and oxygen atoms in total. The zero-order chi connectivity index (χ0) is 10.7. The highest BCUT2D eigenvalue weighted by atomic mass is 19.3. The van der Waals surface area contributed by atoms with Crippen molar-refractivity contribution in [3.63, 3.8) is 0 Å². The minimum absolute atomic E-state index is 0.0150. The predicted molar refractivity (Wildman–Crippen MR) is 44.0 cm³/mol. The molecule has 1 aromatic rings. The van der Waals surface area contributed by atoms with Gasteiger partial charge in [-0.15, -0.1) is 0 Å². The van der Waals surface area contributed by atoms with Gasteiger partial charge in [-0.05, 0) is 13.0 Å². The van der Waals surface area contributed by atoms with Gasteiger partial charge >= 0.3 is 0 Å². The molecule has 0 bridgehead atoms. The van der Waals surface area contributed by atoms with Crippen LogP contribution in [0.4, 0.5) is 8.78 Å². The third kappa shape index (κ3) is 1.74. The molecule has 1 aromatic heterocycles. The number of hydrogen-bond donors (Lipinski definition) is 0. The van der Waals surface area contributed by atoms with Gasteiger partial charge in [0.05, 0.1) is 0 Å². The average Bonchev–Trinajstić information content (AvgIpc) is 2.15. The molecule has 0 aliphatic heterocycles. The third-order valence-electron chi connectivity index (χ3n) is 1.74. The van der Waals surface area contributed by atoms with E-state index in [0.717, 1.165) is 6.07 Å². The maximum absolute atomic E-state index is 12.4. The Morgan fingerprint density at radius 1 is 1.64 bits per heavy atom. The molecule has 1 rings (SSSR count). The highest BCUT2D eigenvalue weighted by Crippen LogP contribution is 2.24. The number of rotatable bonds is 2. The summed E-state index contributed by atoms with van der Waals surface area (Å²) in [7, 11) is 0. The molecule has 0 radical (unpaired) electrons. The summed E-state index contributed by atoms with van der Waals surface area (Å²) in [5.41, 5.74) is -0.599. The van der Waals surface area contributed by atoms with Gasteiger partial charge in [-0.1, -0.05) is 0 Å². The Labute approximate surface area is 79.0 Å². The summed E-state index contributed by atoms with van der Waals surface area (Å²) >= 11 is 0. The van der Waals surface area contributed by atoms with Crippen molar-refractivity contribution in [3.8, 4) is 6.07 Å². The van der Waals surface area contributed by atoms with Crippen molar-refractivity contribution >= 4 is 6.29 Å². The van der Waals surface area contributed by atoms with Gasteiger partial charge in [0.2, 0.25) is 0 Å². The van der Waals surface area contributed by atoms with E-state index in [2.05, 4.69) is 4.98 Å². The molecule has 0 amide bonds. The molecule has 0 saturated carbocycles. The Kier molecular flexibility index (Phi) is 2.87. The molecule has 72 valence electrons. The number of pyridine rings is 1. The number of hydrogen-bond acceptors (Lipinski definition) is 3. The first kappa shape index (κ1) is 10.3. The van der Waals surface area contributed by atoms with Crippen LogP contribution in [0.3, 0.4) is 0 Å². The minimum Gasteiger partial charge on any atom is -0.298 e. The summed E-state index contributed by atoms with van der Waals surface area (Å²) in [6, 6.07) is 2.75. The fourth-order valence-electron chi connectivity index (χ4n) is 1.15. The van der Waals surface area contributed by atoms with E-state index >= 15 is 0 Å². The van der Waals surface area contributed by atoms with Gasteiger partial charge in [0.15, 0.2) is 6.29 Å². The monoisotopic (exact) mass is 196 g/mol. The fourth-order valence-corrected chi connectivity index (χ4v) is 1.15. The lowest BCUT2D eigenvalue weighted by molar-refractivity contribution is 0.110. The summed E-state index contributed by atoms with van der Waals surface area (Å²) < 4.78 is 24.9. The smallest absolute Gasteiger partial charge is 0.266 e. The quantitative estimate of drug-likeness (QED) is 0.680. The molecule has 0 fully saturated rings. The van der Waals surface area contributed by atoms with Crippen LogP contribution in [0.15, 0.2) is 6.07 Å². The molecule has 14 heavy (non-hydrogen) atoms. The molecule has 0 N–H and O–H groups in total. The number of aryl methyl sites for hydroxylation is 1. The maximum Gasteiger partial charge on any atom is 0.266 e. The van der Waals surface area contributed by atoms with E-state index in [-0.39, 0.29) is 17.0 Å². The Bertz CT molecular complexity index is 410. The van der Waals surface area contributed by atoms with Gasteiger partial charge in [0.25, 0.3) is 6.43 Å². The zero-order valence-electron chi connectivity index (χ0n) is 7.29. The Balaban J connectivity index is 3.44. The molecule has 0 saturated heterocycles. The van der Waals surface area contributed by atoms with Crippen LogP contribution < -0.4 is 0 Å². The maximum atomic E-state index is 12.4. The summed E-state index contributed by atoms with van der Waals surface area (Å²) in [5, 5.41) is 8.50. The summed E-state index contributed by atoms with van der Waals surface area (Å²) in [6.45, 7) is 1.34. The van der Waals surface area contributed by atoms with E-state index in [1.54, 1.807) is 6.07 Å². The topological polar surface area (TPSA) is 53.8 Å². The van der Waals surface area contributed by atoms with Gasteiger partial charge in [0.1, 0.15) is 11.8 Å². The number of aromatic nitrogens is 1. The van der Waals surface area contributed by atoms with Crippen molar-refractivity contribution in [3.05, 3.63) is 28.6 Å². The van der Waals surface area contributed by atoms with Gasteiger partial charge < -0.3 is 0 Å². The summed E-state index contributed by atoms with van der Waals surface area (Å²) in [6.07, 6.45) is -2.45. The number of carbonyl (C=O) groups is 1. The molecule has 0 aliphatic carbocycles. The zero-order valence-corrected chi connectivity index (χ0v) is 7.29. The largest absolute Gasteiger partial charge is 0.298 e. The molecule has 0 spiro atoms. The Morgan fingerprint density at radius 3 is 2.71 bits per heavy atom. The van der Waals surface area contributed by atoms with Crippen molar-refractivity contribution in [2.45, 2.75) is 13.3 Å². The molecule has 0 unspecified atom stereocenters. The Morgan fingerprint density at radius 2 is 2.29 bits per heavy atom. The van der Waals surface area contributed by atoms with E-state index in [0.29, 0.717) is 6.29 Å². The fraction of sp³-hybridized carbons (Fsp3) is 0.222. The molecule has 5 heteroatoms. The third-order valence-corrected chi connectivity index (χ3v) is 1.74. The normalized spacial score (nSPS) is 9.93. The van der Waals surface area contributed by atoms with Crippen LogP contribution >= 0.6 is 0 Å². The number of nitrogens with zero attached hydrogens (tertiary/aromatic N) is 2.